The molecule has 3 aromatic heterocycles. The number of pyridine rings is 1. The van der Waals surface area contributed by atoms with Crippen LogP contribution in [0.1, 0.15) is 37.0 Å². The van der Waals surface area contributed by atoms with Gasteiger partial charge >= 0.3 is 0 Å². The van der Waals surface area contributed by atoms with Crippen LogP contribution in [0.15, 0.2) is 61.3 Å². The molecule has 30 heavy (non-hydrogen) atoms. The normalized spacial score (nSPS) is 13.7. The summed E-state index contributed by atoms with van der Waals surface area (Å²) in [7, 11) is 0. The Morgan fingerprint density at radius 3 is 2.50 bits per heavy atom. The van der Waals surface area contributed by atoms with Crippen molar-refractivity contribution in [1.29, 1.82) is 0 Å². The highest BCUT2D eigenvalue weighted by Gasteiger charge is 2.25. The fraction of sp³-hybridized carbons (Fsp3) is 0.292. The Kier molecular flexibility index (Phi) is 4.62. The molecule has 0 saturated heterocycles. The first-order valence-corrected chi connectivity index (χ1v) is 10.5. The Hall–Kier alpha value is -3.41. The topological polar surface area (TPSA) is 51.8 Å². The van der Waals surface area contributed by atoms with E-state index in [4.69, 9.17) is 4.98 Å². The summed E-state index contributed by atoms with van der Waals surface area (Å²) in [6, 6.07) is 12.8. The maximum atomic E-state index is 4.97. The Labute approximate surface area is 176 Å². The van der Waals surface area contributed by atoms with Crippen LogP contribution in [0.25, 0.3) is 16.9 Å². The highest BCUT2D eigenvalue weighted by atomic mass is 15.2. The van der Waals surface area contributed by atoms with Crippen molar-refractivity contribution in [2.24, 2.45) is 0 Å². The first-order valence-electron chi connectivity index (χ1n) is 10.5. The Morgan fingerprint density at radius 1 is 0.967 bits per heavy atom. The van der Waals surface area contributed by atoms with Crippen LogP contribution in [0.4, 0.5) is 5.69 Å². The summed E-state index contributed by atoms with van der Waals surface area (Å²) >= 11 is 0. The summed E-state index contributed by atoms with van der Waals surface area (Å²) < 4.78 is 4.38. The number of anilines is 1. The van der Waals surface area contributed by atoms with E-state index >= 15 is 0 Å². The highest BCUT2D eigenvalue weighted by Crippen LogP contribution is 2.33. The van der Waals surface area contributed by atoms with E-state index in [1.165, 1.54) is 11.4 Å². The standard InChI is InChI=1S/C24H26N6/c1-17(2)23-21(5-4-10-26-23)24-22-15-28(13-14-30(22)18(3)27-24)19-6-8-20(9-7-19)29-12-11-25-16-29/h4-12,16-17H,13-15H2,1-3H3. The van der Waals surface area contributed by atoms with E-state index in [1.807, 2.05) is 29.4 Å². The molecule has 6 heteroatoms. The van der Waals surface area contributed by atoms with Crippen molar-refractivity contribution in [2.75, 3.05) is 11.4 Å². The lowest BCUT2D eigenvalue weighted by atomic mass is 10.00. The molecular weight excluding hydrogens is 372 g/mol. The number of hydrogen-bond acceptors (Lipinski definition) is 4. The van der Waals surface area contributed by atoms with E-state index in [1.54, 1.807) is 6.20 Å². The third-order valence-corrected chi connectivity index (χ3v) is 5.86. The second kappa shape index (κ2) is 7.44. The molecule has 0 fully saturated rings. The van der Waals surface area contributed by atoms with Crippen molar-refractivity contribution in [2.45, 2.75) is 39.8 Å². The summed E-state index contributed by atoms with van der Waals surface area (Å²) in [5.74, 6) is 1.43. The minimum Gasteiger partial charge on any atom is -0.364 e. The molecule has 152 valence electrons. The zero-order valence-corrected chi connectivity index (χ0v) is 17.7. The molecule has 4 heterocycles. The molecule has 0 bridgehead atoms. The largest absolute Gasteiger partial charge is 0.364 e. The van der Waals surface area contributed by atoms with Crippen molar-refractivity contribution in [3.63, 3.8) is 0 Å². The molecule has 0 aliphatic carbocycles. The summed E-state index contributed by atoms with van der Waals surface area (Å²) in [6.45, 7) is 9.23. The van der Waals surface area contributed by atoms with Gasteiger partial charge in [-0.3, -0.25) is 4.98 Å². The maximum Gasteiger partial charge on any atom is 0.106 e. The fourth-order valence-electron chi connectivity index (χ4n) is 4.31. The van der Waals surface area contributed by atoms with E-state index in [0.29, 0.717) is 5.92 Å². The molecule has 5 rings (SSSR count). The van der Waals surface area contributed by atoms with Crippen LogP contribution < -0.4 is 4.90 Å². The van der Waals surface area contributed by atoms with Gasteiger partial charge in [-0.1, -0.05) is 13.8 Å². The number of rotatable bonds is 4. The summed E-state index contributed by atoms with van der Waals surface area (Å²) in [5.41, 5.74) is 6.95. The lowest BCUT2D eigenvalue weighted by Gasteiger charge is -2.31. The molecule has 0 radical (unpaired) electrons. The van der Waals surface area contributed by atoms with Gasteiger partial charge in [-0.25, -0.2) is 9.97 Å². The number of aryl methyl sites for hydroxylation is 1. The smallest absolute Gasteiger partial charge is 0.106 e. The van der Waals surface area contributed by atoms with Crippen molar-refractivity contribution in [1.82, 2.24) is 24.1 Å². The van der Waals surface area contributed by atoms with Gasteiger partial charge in [0, 0.05) is 48.6 Å². The molecule has 0 amide bonds. The minimum absolute atomic E-state index is 0.356. The van der Waals surface area contributed by atoms with Gasteiger partial charge in [-0.2, -0.15) is 0 Å². The van der Waals surface area contributed by atoms with E-state index in [-0.39, 0.29) is 0 Å². The highest BCUT2D eigenvalue weighted by molar-refractivity contribution is 5.67. The molecule has 0 spiro atoms. The number of aromatic nitrogens is 5. The second-order valence-electron chi connectivity index (χ2n) is 8.10. The molecule has 4 aromatic rings. The lowest BCUT2D eigenvalue weighted by molar-refractivity contribution is 0.560. The average Bonchev–Trinajstić information content (AvgIpc) is 3.42. The van der Waals surface area contributed by atoms with Crippen molar-refractivity contribution in [3.05, 3.63) is 78.5 Å². The Bertz CT molecular complexity index is 1160. The van der Waals surface area contributed by atoms with Gasteiger partial charge in [0.25, 0.3) is 0 Å². The lowest BCUT2D eigenvalue weighted by Crippen LogP contribution is -2.34. The first-order chi connectivity index (χ1) is 14.6. The zero-order chi connectivity index (χ0) is 20.7. The second-order valence-corrected chi connectivity index (χ2v) is 8.10. The fourth-order valence-corrected chi connectivity index (χ4v) is 4.31. The van der Waals surface area contributed by atoms with Crippen LogP contribution in [0.3, 0.4) is 0 Å². The van der Waals surface area contributed by atoms with Gasteiger partial charge in [0.15, 0.2) is 0 Å². The van der Waals surface area contributed by atoms with E-state index in [2.05, 4.69) is 70.5 Å². The van der Waals surface area contributed by atoms with Gasteiger partial charge in [-0.15, -0.1) is 0 Å². The molecular formula is C24H26N6. The van der Waals surface area contributed by atoms with Crippen LogP contribution >= 0.6 is 0 Å². The van der Waals surface area contributed by atoms with Crippen LogP contribution in [-0.2, 0) is 13.1 Å². The zero-order valence-electron chi connectivity index (χ0n) is 17.7. The number of nitrogens with zero attached hydrogens (tertiary/aromatic N) is 6. The molecule has 0 atom stereocenters. The summed E-state index contributed by atoms with van der Waals surface area (Å²) in [4.78, 5) is 16.2. The van der Waals surface area contributed by atoms with Gasteiger partial charge in [0.1, 0.15) is 5.82 Å². The van der Waals surface area contributed by atoms with E-state index in [0.717, 1.165) is 48.1 Å². The van der Waals surface area contributed by atoms with Crippen molar-refractivity contribution < 1.29 is 0 Å². The Balaban J connectivity index is 1.49. The van der Waals surface area contributed by atoms with E-state index in [9.17, 15) is 0 Å². The molecule has 1 aliphatic heterocycles. The van der Waals surface area contributed by atoms with Gasteiger partial charge < -0.3 is 14.0 Å². The molecule has 1 aromatic carbocycles. The predicted molar refractivity (Wildman–Crippen MR) is 119 cm³/mol. The SMILES string of the molecule is Cc1nc(-c2cccnc2C(C)C)c2n1CCN(c1ccc(-n3ccnc3)cc1)C2. The summed E-state index contributed by atoms with van der Waals surface area (Å²) in [6.07, 6.45) is 7.46. The third-order valence-electron chi connectivity index (χ3n) is 5.86. The predicted octanol–water partition coefficient (Wildman–Crippen LogP) is 4.58. The first kappa shape index (κ1) is 18.6. The van der Waals surface area contributed by atoms with Crippen LogP contribution in [0.2, 0.25) is 0 Å². The van der Waals surface area contributed by atoms with E-state index < -0.39 is 0 Å². The summed E-state index contributed by atoms with van der Waals surface area (Å²) in [5, 5.41) is 0. The van der Waals surface area contributed by atoms with Crippen molar-refractivity contribution >= 4 is 5.69 Å². The quantitative estimate of drug-likeness (QED) is 0.505. The molecule has 0 saturated carbocycles. The number of benzene rings is 1. The number of imidazole rings is 2. The van der Waals surface area contributed by atoms with Gasteiger partial charge in [-0.05, 0) is 49.2 Å². The maximum absolute atomic E-state index is 4.97. The third kappa shape index (κ3) is 3.18. The molecule has 0 N–H and O–H groups in total. The molecule has 0 unspecified atom stereocenters. The number of fused-ring (bicyclic) bond motifs is 1. The van der Waals surface area contributed by atoms with Crippen LogP contribution in [-0.4, -0.2) is 30.6 Å². The number of hydrogen-bond donors (Lipinski definition) is 0. The molecule has 1 aliphatic rings. The monoisotopic (exact) mass is 398 g/mol. The van der Waals surface area contributed by atoms with Gasteiger partial charge in [0.05, 0.1) is 30.0 Å². The minimum atomic E-state index is 0.356. The van der Waals surface area contributed by atoms with Crippen molar-refractivity contribution in [3.8, 4) is 16.9 Å². The van der Waals surface area contributed by atoms with Gasteiger partial charge in [0.2, 0.25) is 0 Å². The molecule has 6 nitrogen and oxygen atoms in total. The Morgan fingerprint density at radius 2 is 1.77 bits per heavy atom. The average molecular weight is 399 g/mol. The van der Waals surface area contributed by atoms with Crippen LogP contribution in [0, 0.1) is 6.92 Å². The van der Waals surface area contributed by atoms with Crippen LogP contribution in [0.5, 0.6) is 0 Å².